The molecule has 1 N–H and O–H groups in total. The number of amides is 1. The lowest BCUT2D eigenvalue weighted by Gasteiger charge is -2.26. The molecule has 0 radical (unpaired) electrons. The zero-order valence-corrected chi connectivity index (χ0v) is 20.4. The molecule has 10 heteroatoms. The van der Waals surface area contributed by atoms with Gasteiger partial charge >= 0.3 is 6.18 Å². The number of para-hydroxylation sites is 1. The number of ether oxygens (including phenoxy) is 1. The molecule has 3 aromatic rings. The Morgan fingerprint density at radius 1 is 0.943 bits per heavy atom. The third-order valence-corrected chi connectivity index (χ3v) is 6.97. The largest absolute Gasteiger partial charge is 0.495 e. The van der Waals surface area contributed by atoms with E-state index in [1.54, 1.807) is 39.0 Å². The lowest BCUT2D eigenvalue weighted by atomic mass is 10.1. The van der Waals surface area contributed by atoms with Crippen LogP contribution in [-0.4, -0.2) is 28.0 Å². The first-order valence-electron chi connectivity index (χ1n) is 10.5. The molecule has 3 rings (SSSR count). The van der Waals surface area contributed by atoms with Gasteiger partial charge in [0.15, 0.2) is 0 Å². The number of sulfonamides is 1. The third-order valence-electron chi connectivity index (χ3n) is 5.18. The summed E-state index contributed by atoms with van der Waals surface area (Å²) in [5, 5.41) is 2.21. The van der Waals surface area contributed by atoms with Crippen LogP contribution in [0.1, 0.15) is 22.3 Å². The SMILES string of the molecule is COc1ccc(C)cc1S(=O)(=O)N(CC(=O)Nc1ccccc1C(F)(F)F)c1cc(C)cc(C)c1. The summed E-state index contributed by atoms with van der Waals surface area (Å²) in [5.41, 5.74) is 0.850. The van der Waals surface area contributed by atoms with E-state index in [-0.39, 0.29) is 16.3 Å². The molecule has 0 aromatic heterocycles. The Morgan fingerprint density at radius 2 is 1.57 bits per heavy atom. The molecule has 0 aliphatic rings. The van der Waals surface area contributed by atoms with Crippen LogP contribution in [0.4, 0.5) is 24.5 Å². The molecule has 0 atom stereocenters. The fraction of sp³-hybridized carbons (Fsp3) is 0.240. The van der Waals surface area contributed by atoms with Crippen molar-refractivity contribution in [2.24, 2.45) is 0 Å². The first-order valence-corrected chi connectivity index (χ1v) is 12.0. The van der Waals surface area contributed by atoms with E-state index in [0.717, 1.165) is 27.6 Å². The number of methoxy groups -OCH3 is 1. The van der Waals surface area contributed by atoms with E-state index in [4.69, 9.17) is 4.74 Å². The summed E-state index contributed by atoms with van der Waals surface area (Å²) in [5.74, 6) is -0.858. The Balaban J connectivity index is 2.08. The Hall–Kier alpha value is -3.53. The van der Waals surface area contributed by atoms with E-state index in [9.17, 15) is 26.4 Å². The van der Waals surface area contributed by atoms with E-state index >= 15 is 0 Å². The number of hydrogen-bond donors (Lipinski definition) is 1. The van der Waals surface area contributed by atoms with Crippen molar-refractivity contribution in [2.75, 3.05) is 23.3 Å². The van der Waals surface area contributed by atoms with Gasteiger partial charge in [0.2, 0.25) is 5.91 Å². The highest BCUT2D eigenvalue weighted by molar-refractivity contribution is 7.93. The summed E-state index contributed by atoms with van der Waals surface area (Å²) in [7, 11) is -3.03. The summed E-state index contributed by atoms with van der Waals surface area (Å²) in [6, 6.07) is 14.1. The quantitative estimate of drug-likeness (QED) is 0.461. The van der Waals surface area contributed by atoms with Gasteiger partial charge in [-0.1, -0.05) is 24.3 Å². The highest BCUT2D eigenvalue weighted by Gasteiger charge is 2.35. The van der Waals surface area contributed by atoms with Crippen LogP contribution in [0.25, 0.3) is 0 Å². The number of benzene rings is 3. The molecule has 6 nitrogen and oxygen atoms in total. The van der Waals surface area contributed by atoms with Crippen LogP contribution in [0.5, 0.6) is 5.75 Å². The van der Waals surface area contributed by atoms with Gasteiger partial charge in [0.25, 0.3) is 10.0 Å². The topological polar surface area (TPSA) is 75.7 Å². The molecule has 0 aliphatic heterocycles. The van der Waals surface area contributed by atoms with Gasteiger partial charge in [0.05, 0.1) is 24.0 Å². The number of nitrogens with zero attached hydrogens (tertiary/aromatic N) is 1. The van der Waals surface area contributed by atoms with Crippen LogP contribution >= 0.6 is 0 Å². The number of nitrogens with one attached hydrogen (secondary N) is 1. The number of halogens is 3. The van der Waals surface area contributed by atoms with Gasteiger partial charge in [0.1, 0.15) is 17.2 Å². The summed E-state index contributed by atoms with van der Waals surface area (Å²) in [6.45, 7) is 4.50. The van der Waals surface area contributed by atoms with Crippen LogP contribution in [0.2, 0.25) is 0 Å². The number of carbonyl (C=O) groups excluding carboxylic acids is 1. The van der Waals surface area contributed by atoms with E-state index < -0.39 is 39.9 Å². The highest BCUT2D eigenvalue weighted by atomic mass is 32.2. The van der Waals surface area contributed by atoms with E-state index in [1.807, 2.05) is 6.07 Å². The van der Waals surface area contributed by atoms with Gasteiger partial charge in [-0.2, -0.15) is 13.2 Å². The predicted molar refractivity (Wildman–Crippen MR) is 128 cm³/mol. The van der Waals surface area contributed by atoms with Gasteiger partial charge in [-0.3, -0.25) is 9.10 Å². The Labute approximate surface area is 202 Å². The first-order chi connectivity index (χ1) is 16.3. The van der Waals surface area contributed by atoms with Crippen molar-refractivity contribution in [3.63, 3.8) is 0 Å². The van der Waals surface area contributed by atoms with Crippen molar-refractivity contribution >= 4 is 27.3 Å². The van der Waals surface area contributed by atoms with E-state index in [0.29, 0.717) is 5.56 Å². The lowest BCUT2D eigenvalue weighted by molar-refractivity contribution is -0.137. The summed E-state index contributed by atoms with van der Waals surface area (Å²) in [4.78, 5) is 12.8. The Kier molecular flexibility index (Phi) is 7.44. The standard InChI is InChI=1S/C25H25F3N2O4S/c1-16-9-10-22(34-4)23(14-16)35(32,33)30(19-12-17(2)11-18(3)13-19)15-24(31)29-21-8-6-5-7-20(21)25(26,27)28/h5-14H,15H2,1-4H3,(H,29,31). The fourth-order valence-corrected chi connectivity index (χ4v) is 5.32. The molecule has 35 heavy (non-hydrogen) atoms. The molecule has 0 spiro atoms. The Morgan fingerprint density at radius 3 is 2.17 bits per heavy atom. The van der Waals surface area contributed by atoms with E-state index in [1.165, 1.54) is 31.4 Å². The van der Waals surface area contributed by atoms with Crippen molar-refractivity contribution in [1.82, 2.24) is 0 Å². The molecule has 1 amide bonds. The second kappa shape index (κ2) is 9.99. The molecule has 0 saturated heterocycles. The highest BCUT2D eigenvalue weighted by Crippen LogP contribution is 2.35. The van der Waals surface area contributed by atoms with Crippen LogP contribution in [-0.2, 0) is 21.0 Å². The van der Waals surface area contributed by atoms with Crippen LogP contribution in [0, 0.1) is 20.8 Å². The third kappa shape index (κ3) is 5.94. The molecule has 0 saturated carbocycles. The normalized spacial score (nSPS) is 11.7. The minimum atomic E-state index is -4.70. The number of alkyl halides is 3. The average Bonchev–Trinajstić information content (AvgIpc) is 2.76. The molecular formula is C25H25F3N2O4S. The molecular weight excluding hydrogens is 481 g/mol. The minimum Gasteiger partial charge on any atom is -0.495 e. The second-order valence-corrected chi connectivity index (χ2v) is 9.93. The summed E-state index contributed by atoms with van der Waals surface area (Å²) >= 11 is 0. The second-order valence-electron chi connectivity index (χ2n) is 8.10. The van der Waals surface area contributed by atoms with Crippen LogP contribution in [0.3, 0.4) is 0 Å². The molecule has 3 aromatic carbocycles. The molecule has 186 valence electrons. The van der Waals surface area contributed by atoms with Crippen LogP contribution in [0.15, 0.2) is 65.6 Å². The van der Waals surface area contributed by atoms with Gasteiger partial charge < -0.3 is 10.1 Å². The summed E-state index contributed by atoms with van der Waals surface area (Å²) < 4.78 is 73.8. The lowest BCUT2D eigenvalue weighted by Crippen LogP contribution is -2.38. The number of carbonyl (C=O) groups is 1. The number of rotatable bonds is 7. The first kappa shape index (κ1) is 26.1. The zero-order valence-electron chi connectivity index (χ0n) is 19.6. The maximum absolute atomic E-state index is 13.8. The molecule has 0 aliphatic carbocycles. The molecule has 0 heterocycles. The Bertz CT molecular complexity index is 1330. The van der Waals surface area contributed by atoms with Crippen molar-refractivity contribution in [3.8, 4) is 5.75 Å². The van der Waals surface area contributed by atoms with Crippen molar-refractivity contribution in [2.45, 2.75) is 31.8 Å². The van der Waals surface area contributed by atoms with Crippen molar-refractivity contribution in [1.29, 1.82) is 0 Å². The molecule has 0 unspecified atom stereocenters. The number of aryl methyl sites for hydroxylation is 3. The van der Waals surface area contributed by atoms with Crippen molar-refractivity contribution in [3.05, 3.63) is 82.9 Å². The monoisotopic (exact) mass is 506 g/mol. The van der Waals surface area contributed by atoms with E-state index in [2.05, 4.69) is 5.32 Å². The average molecular weight is 507 g/mol. The number of anilines is 2. The molecule has 0 fully saturated rings. The van der Waals surface area contributed by atoms with Gasteiger partial charge in [-0.25, -0.2) is 8.42 Å². The summed E-state index contributed by atoms with van der Waals surface area (Å²) in [6.07, 6.45) is -4.70. The maximum Gasteiger partial charge on any atom is 0.418 e. The van der Waals surface area contributed by atoms with Gasteiger partial charge in [-0.05, 0) is 73.9 Å². The predicted octanol–water partition coefficient (Wildman–Crippen LogP) is 5.47. The van der Waals surface area contributed by atoms with Crippen molar-refractivity contribution < 1.29 is 31.1 Å². The molecule has 0 bridgehead atoms. The van der Waals surface area contributed by atoms with Gasteiger partial charge in [-0.15, -0.1) is 0 Å². The smallest absolute Gasteiger partial charge is 0.418 e. The maximum atomic E-state index is 13.8. The minimum absolute atomic E-state index is 0.0767. The zero-order chi connectivity index (χ0) is 26.0. The van der Waals surface area contributed by atoms with Crippen LogP contribution < -0.4 is 14.4 Å². The van der Waals surface area contributed by atoms with Gasteiger partial charge in [0, 0.05) is 0 Å². The fourth-order valence-electron chi connectivity index (χ4n) is 3.67. The number of hydrogen-bond acceptors (Lipinski definition) is 4.